The average Bonchev–Trinajstić information content (AvgIpc) is 3.10. The number of ether oxygens (including phenoxy) is 2. The Morgan fingerprint density at radius 1 is 1.12 bits per heavy atom. The fourth-order valence-electron chi connectivity index (χ4n) is 2.44. The zero-order chi connectivity index (χ0) is 18.5. The van der Waals surface area contributed by atoms with Crippen LogP contribution in [0.15, 0.2) is 41.6 Å². The third-order valence-electron chi connectivity index (χ3n) is 3.80. The Morgan fingerprint density at radius 2 is 1.96 bits per heavy atom. The van der Waals surface area contributed by atoms with E-state index in [0.717, 1.165) is 22.6 Å². The van der Waals surface area contributed by atoms with E-state index in [-0.39, 0.29) is 0 Å². The van der Waals surface area contributed by atoms with Gasteiger partial charge in [-0.05, 0) is 49.2 Å². The molecule has 3 rings (SSSR count). The highest BCUT2D eigenvalue weighted by Gasteiger charge is 2.12. The highest BCUT2D eigenvalue weighted by atomic mass is 35.5. The van der Waals surface area contributed by atoms with Crippen LogP contribution in [0.5, 0.6) is 11.5 Å². The highest BCUT2D eigenvalue weighted by molar-refractivity contribution is 7.99. The van der Waals surface area contributed by atoms with E-state index < -0.39 is 0 Å². The minimum Gasteiger partial charge on any atom is -0.496 e. The van der Waals surface area contributed by atoms with Gasteiger partial charge in [0, 0.05) is 10.8 Å². The molecule has 1 heterocycles. The number of hydrogen-bond donors (Lipinski definition) is 1. The second-order valence-corrected chi connectivity index (χ2v) is 7.28. The van der Waals surface area contributed by atoms with E-state index in [0.29, 0.717) is 28.4 Å². The van der Waals surface area contributed by atoms with E-state index in [1.165, 1.54) is 17.3 Å². The van der Waals surface area contributed by atoms with Gasteiger partial charge in [-0.25, -0.2) is 4.98 Å². The number of hydrogen-bond acceptors (Lipinski definition) is 5. The van der Waals surface area contributed by atoms with Crippen molar-refractivity contribution >= 4 is 23.4 Å². The van der Waals surface area contributed by atoms with Crippen molar-refractivity contribution in [2.24, 2.45) is 0 Å². The third-order valence-corrected chi connectivity index (χ3v) is 4.84. The zero-order valence-corrected chi connectivity index (χ0v) is 16.4. The molecule has 0 fully saturated rings. The van der Waals surface area contributed by atoms with Gasteiger partial charge >= 0.3 is 0 Å². The molecule has 0 saturated carbocycles. The van der Waals surface area contributed by atoms with Crippen LogP contribution >= 0.6 is 23.4 Å². The fraction of sp³-hybridized carbons (Fsp3) is 0.263. The van der Waals surface area contributed by atoms with Crippen molar-refractivity contribution < 1.29 is 9.47 Å². The van der Waals surface area contributed by atoms with E-state index >= 15 is 0 Å². The van der Waals surface area contributed by atoms with Crippen LogP contribution in [-0.2, 0) is 0 Å². The lowest BCUT2D eigenvalue weighted by Gasteiger charge is -2.09. The lowest BCUT2D eigenvalue weighted by Crippen LogP contribution is -2.02. The maximum absolute atomic E-state index is 6.08. The van der Waals surface area contributed by atoms with Crippen molar-refractivity contribution in [3.63, 3.8) is 0 Å². The van der Waals surface area contributed by atoms with E-state index in [1.54, 1.807) is 19.2 Å². The van der Waals surface area contributed by atoms with Gasteiger partial charge in [0.05, 0.1) is 19.3 Å². The van der Waals surface area contributed by atoms with Gasteiger partial charge in [0.1, 0.15) is 11.5 Å². The molecule has 0 bridgehead atoms. The molecule has 0 spiro atoms. The molecule has 0 radical (unpaired) electrons. The first-order valence-electron chi connectivity index (χ1n) is 8.16. The van der Waals surface area contributed by atoms with Crippen molar-refractivity contribution in [3.8, 4) is 22.9 Å². The van der Waals surface area contributed by atoms with Crippen LogP contribution in [0, 0.1) is 13.8 Å². The molecule has 1 N–H and O–H groups in total. The van der Waals surface area contributed by atoms with Gasteiger partial charge < -0.3 is 9.47 Å². The molecule has 1 aromatic heterocycles. The summed E-state index contributed by atoms with van der Waals surface area (Å²) in [7, 11) is 1.61. The Labute approximate surface area is 162 Å². The number of benzene rings is 2. The predicted octanol–water partition coefficient (Wildman–Crippen LogP) is 4.92. The van der Waals surface area contributed by atoms with Crippen LogP contribution in [0.3, 0.4) is 0 Å². The van der Waals surface area contributed by atoms with Gasteiger partial charge in [0.2, 0.25) is 5.16 Å². The first-order chi connectivity index (χ1) is 12.6. The summed E-state index contributed by atoms with van der Waals surface area (Å²) in [6.45, 7) is 4.68. The summed E-state index contributed by atoms with van der Waals surface area (Å²) >= 11 is 7.61. The van der Waals surface area contributed by atoms with Crippen LogP contribution in [0.25, 0.3) is 11.4 Å². The predicted molar refractivity (Wildman–Crippen MR) is 106 cm³/mol. The first kappa shape index (κ1) is 18.6. The average molecular weight is 390 g/mol. The van der Waals surface area contributed by atoms with Crippen molar-refractivity contribution in [1.82, 2.24) is 15.2 Å². The van der Waals surface area contributed by atoms with Crippen LogP contribution < -0.4 is 9.47 Å². The molecule has 26 heavy (non-hydrogen) atoms. The van der Waals surface area contributed by atoms with E-state index in [4.69, 9.17) is 21.1 Å². The van der Waals surface area contributed by atoms with Gasteiger partial charge in [-0.3, -0.25) is 5.10 Å². The monoisotopic (exact) mass is 389 g/mol. The number of halogens is 1. The third kappa shape index (κ3) is 4.51. The molecule has 0 aliphatic heterocycles. The summed E-state index contributed by atoms with van der Waals surface area (Å²) < 4.78 is 11.2. The van der Waals surface area contributed by atoms with Gasteiger partial charge in [0.25, 0.3) is 0 Å². The zero-order valence-electron chi connectivity index (χ0n) is 14.9. The Hall–Kier alpha value is -2.18. The Bertz CT molecular complexity index is 898. The molecule has 2 aromatic carbocycles. The summed E-state index contributed by atoms with van der Waals surface area (Å²) in [6.07, 6.45) is 0. The molecular weight excluding hydrogens is 370 g/mol. The minimum absolute atomic E-state index is 0.583. The molecule has 0 aliphatic carbocycles. The number of aryl methyl sites for hydroxylation is 2. The van der Waals surface area contributed by atoms with Crippen molar-refractivity contribution in [1.29, 1.82) is 0 Å². The van der Waals surface area contributed by atoms with Crippen LogP contribution in [0.4, 0.5) is 0 Å². The number of thioether (sulfide) groups is 1. The topological polar surface area (TPSA) is 60.0 Å². The SMILES string of the molecule is COc1ccc(Cl)cc1-c1nc(SCCOc2cc(C)ccc2C)n[nH]1. The van der Waals surface area contributed by atoms with Crippen molar-refractivity contribution in [3.05, 3.63) is 52.5 Å². The summed E-state index contributed by atoms with van der Waals surface area (Å²) in [6, 6.07) is 11.6. The molecule has 0 aliphatic rings. The van der Waals surface area contributed by atoms with Gasteiger partial charge in [-0.15, -0.1) is 5.10 Å². The Morgan fingerprint density at radius 3 is 2.77 bits per heavy atom. The summed E-state index contributed by atoms with van der Waals surface area (Å²) in [4.78, 5) is 4.51. The second kappa shape index (κ2) is 8.47. The molecule has 5 nitrogen and oxygen atoms in total. The number of nitrogens with one attached hydrogen (secondary N) is 1. The smallest absolute Gasteiger partial charge is 0.208 e. The molecular formula is C19H20ClN3O2S. The van der Waals surface area contributed by atoms with Gasteiger partial charge in [0.15, 0.2) is 5.82 Å². The quantitative estimate of drug-likeness (QED) is 0.459. The van der Waals surface area contributed by atoms with Crippen molar-refractivity contribution in [2.75, 3.05) is 19.5 Å². The molecule has 0 unspecified atom stereocenters. The maximum atomic E-state index is 6.08. The van der Waals surface area contributed by atoms with Crippen molar-refractivity contribution in [2.45, 2.75) is 19.0 Å². The standard InChI is InChI=1S/C19H20ClN3O2S/c1-12-4-5-13(2)17(10-12)25-8-9-26-19-21-18(22-23-19)15-11-14(20)6-7-16(15)24-3/h4-7,10-11H,8-9H2,1-3H3,(H,21,22,23). The number of methoxy groups -OCH3 is 1. The number of aromatic nitrogens is 3. The largest absolute Gasteiger partial charge is 0.496 e. The van der Waals surface area contributed by atoms with Crippen LogP contribution in [-0.4, -0.2) is 34.7 Å². The highest BCUT2D eigenvalue weighted by Crippen LogP contribution is 2.31. The molecule has 0 atom stereocenters. The molecule has 0 amide bonds. The summed E-state index contributed by atoms with van der Waals surface area (Å²) in [5.74, 6) is 2.99. The fourth-order valence-corrected chi connectivity index (χ4v) is 3.23. The molecule has 136 valence electrons. The summed E-state index contributed by atoms with van der Waals surface area (Å²) in [5.41, 5.74) is 3.10. The van der Waals surface area contributed by atoms with Crippen LogP contribution in [0.1, 0.15) is 11.1 Å². The molecule has 7 heteroatoms. The second-order valence-electron chi connectivity index (χ2n) is 5.78. The lowest BCUT2D eigenvalue weighted by atomic mass is 10.1. The van der Waals surface area contributed by atoms with Gasteiger partial charge in [-0.2, -0.15) is 0 Å². The number of aromatic amines is 1. The van der Waals surface area contributed by atoms with E-state index in [1.807, 2.05) is 13.0 Å². The van der Waals surface area contributed by atoms with E-state index in [9.17, 15) is 0 Å². The number of H-pyrrole nitrogens is 1. The van der Waals surface area contributed by atoms with Gasteiger partial charge in [-0.1, -0.05) is 35.5 Å². The maximum Gasteiger partial charge on any atom is 0.208 e. The Balaban J connectivity index is 1.59. The molecule has 0 saturated heterocycles. The van der Waals surface area contributed by atoms with Crippen LogP contribution in [0.2, 0.25) is 5.02 Å². The minimum atomic E-state index is 0.583. The Kier molecular flexibility index (Phi) is 6.06. The first-order valence-corrected chi connectivity index (χ1v) is 9.52. The van der Waals surface area contributed by atoms with E-state index in [2.05, 4.69) is 40.3 Å². The lowest BCUT2D eigenvalue weighted by molar-refractivity contribution is 0.341. The molecule has 3 aromatic rings. The normalized spacial score (nSPS) is 10.8. The number of rotatable bonds is 7. The summed E-state index contributed by atoms with van der Waals surface area (Å²) in [5, 5.41) is 8.46. The number of nitrogens with zero attached hydrogens (tertiary/aromatic N) is 2.